The van der Waals surface area contributed by atoms with E-state index in [4.69, 9.17) is 5.11 Å². The van der Waals surface area contributed by atoms with Crippen LogP contribution in [-0.4, -0.2) is 31.7 Å². The zero-order valence-electron chi connectivity index (χ0n) is 5.56. The number of nitrogens with zero attached hydrogens (tertiary/aromatic N) is 3. The number of aromatic nitrogens is 4. The molecule has 0 spiro atoms. The van der Waals surface area contributed by atoms with Crippen LogP contribution in [-0.2, 0) is 4.79 Å². The highest BCUT2D eigenvalue weighted by Gasteiger charge is 2.46. The number of H-pyrrole nitrogens is 1. The monoisotopic (exact) mass is 154 g/mol. The lowest BCUT2D eigenvalue weighted by Gasteiger charge is -1.85. The summed E-state index contributed by atoms with van der Waals surface area (Å²) in [5.41, 5.74) is 0. The Morgan fingerprint density at radius 3 is 3.00 bits per heavy atom. The van der Waals surface area contributed by atoms with Gasteiger partial charge in [0.15, 0.2) is 5.82 Å². The molecule has 6 nitrogen and oxygen atoms in total. The van der Waals surface area contributed by atoms with Crippen molar-refractivity contribution in [1.29, 1.82) is 0 Å². The fourth-order valence-electron chi connectivity index (χ4n) is 1.08. The van der Waals surface area contributed by atoms with E-state index >= 15 is 0 Å². The minimum absolute atomic E-state index is 0.0220. The van der Waals surface area contributed by atoms with Crippen molar-refractivity contribution in [3.05, 3.63) is 5.82 Å². The summed E-state index contributed by atoms with van der Waals surface area (Å²) in [6.07, 6.45) is 0.634. The Bertz CT molecular complexity index is 270. The van der Waals surface area contributed by atoms with Gasteiger partial charge in [0.05, 0.1) is 5.92 Å². The quantitative estimate of drug-likeness (QED) is 0.592. The molecule has 6 heteroatoms. The minimum Gasteiger partial charge on any atom is -0.481 e. The highest BCUT2D eigenvalue weighted by Crippen LogP contribution is 2.45. The number of carboxylic acid groups (broad SMARTS) is 1. The lowest BCUT2D eigenvalue weighted by molar-refractivity contribution is -0.138. The van der Waals surface area contributed by atoms with E-state index in [-0.39, 0.29) is 11.8 Å². The van der Waals surface area contributed by atoms with Gasteiger partial charge in [-0.1, -0.05) is 5.21 Å². The third-order valence-corrected chi connectivity index (χ3v) is 1.80. The van der Waals surface area contributed by atoms with Crippen molar-refractivity contribution in [1.82, 2.24) is 20.6 Å². The van der Waals surface area contributed by atoms with Gasteiger partial charge in [0.2, 0.25) is 0 Å². The Morgan fingerprint density at radius 2 is 2.55 bits per heavy atom. The molecule has 1 aromatic rings. The molecule has 0 saturated heterocycles. The van der Waals surface area contributed by atoms with Crippen LogP contribution in [0.5, 0.6) is 0 Å². The highest BCUT2D eigenvalue weighted by molar-refractivity contribution is 5.74. The second-order valence-electron chi connectivity index (χ2n) is 2.56. The van der Waals surface area contributed by atoms with Crippen molar-refractivity contribution < 1.29 is 9.90 Å². The molecule has 2 atom stereocenters. The number of hydrogen-bond acceptors (Lipinski definition) is 4. The zero-order valence-corrected chi connectivity index (χ0v) is 5.56. The van der Waals surface area contributed by atoms with Crippen LogP contribution in [0.1, 0.15) is 18.2 Å². The molecule has 0 aliphatic heterocycles. The normalized spacial score (nSPS) is 28.4. The van der Waals surface area contributed by atoms with Crippen LogP contribution in [0, 0.1) is 5.92 Å². The van der Waals surface area contributed by atoms with E-state index in [0.29, 0.717) is 12.2 Å². The first kappa shape index (κ1) is 6.26. The predicted octanol–water partition coefficient (Wildman–Crippen LogP) is -0.612. The molecule has 11 heavy (non-hydrogen) atoms. The van der Waals surface area contributed by atoms with Crippen molar-refractivity contribution in [3.63, 3.8) is 0 Å². The van der Waals surface area contributed by atoms with Gasteiger partial charge in [0, 0.05) is 5.92 Å². The number of tetrazole rings is 1. The van der Waals surface area contributed by atoms with Crippen LogP contribution >= 0.6 is 0 Å². The highest BCUT2D eigenvalue weighted by atomic mass is 16.4. The molecule has 0 amide bonds. The van der Waals surface area contributed by atoms with Crippen LogP contribution < -0.4 is 0 Å². The lowest BCUT2D eigenvalue weighted by atomic mass is 10.3. The first-order valence-corrected chi connectivity index (χ1v) is 3.25. The molecule has 1 fully saturated rings. The number of hydrogen-bond donors (Lipinski definition) is 2. The van der Waals surface area contributed by atoms with Crippen molar-refractivity contribution in [2.45, 2.75) is 12.3 Å². The fraction of sp³-hybridized carbons (Fsp3) is 0.600. The molecule has 0 bridgehead atoms. The van der Waals surface area contributed by atoms with E-state index in [2.05, 4.69) is 20.6 Å². The molecule has 0 aromatic carbocycles. The van der Waals surface area contributed by atoms with Gasteiger partial charge in [-0.05, 0) is 6.42 Å². The van der Waals surface area contributed by atoms with E-state index < -0.39 is 5.97 Å². The van der Waals surface area contributed by atoms with E-state index in [0.717, 1.165) is 0 Å². The summed E-state index contributed by atoms with van der Waals surface area (Å²) in [7, 11) is 0. The summed E-state index contributed by atoms with van der Waals surface area (Å²) in [6, 6.07) is 0. The zero-order chi connectivity index (χ0) is 7.84. The third kappa shape index (κ3) is 0.957. The largest absolute Gasteiger partial charge is 0.481 e. The average molecular weight is 154 g/mol. The van der Waals surface area contributed by atoms with Gasteiger partial charge < -0.3 is 5.11 Å². The summed E-state index contributed by atoms with van der Waals surface area (Å²) in [4.78, 5) is 10.4. The van der Waals surface area contributed by atoms with Gasteiger partial charge in [-0.3, -0.25) is 4.79 Å². The van der Waals surface area contributed by atoms with Crippen molar-refractivity contribution >= 4 is 5.97 Å². The molecule has 58 valence electrons. The second-order valence-corrected chi connectivity index (χ2v) is 2.56. The van der Waals surface area contributed by atoms with Crippen molar-refractivity contribution in [2.75, 3.05) is 0 Å². The predicted molar refractivity (Wildman–Crippen MR) is 32.7 cm³/mol. The molecule has 1 aliphatic rings. The topological polar surface area (TPSA) is 91.8 Å². The molecule has 1 saturated carbocycles. The van der Waals surface area contributed by atoms with E-state index in [9.17, 15) is 4.79 Å². The Balaban J connectivity index is 2.08. The molecule has 1 heterocycles. The van der Waals surface area contributed by atoms with Crippen LogP contribution in [0.4, 0.5) is 0 Å². The number of nitrogens with one attached hydrogen (secondary N) is 1. The van der Waals surface area contributed by atoms with Crippen LogP contribution in [0.2, 0.25) is 0 Å². The number of aliphatic carboxylic acids is 1. The molecule has 0 radical (unpaired) electrons. The summed E-state index contributed by atoms with van der Waals surface area (Å²) in [5, 5.41) is 21.6. The summed E-state index contributed by atoms with van der Waals surface area (Å²) in [6.45, 7) is 0. The van der Waals surface area contributed by atoms with Gasteiger partial charge in [-0.25, -0.2) is 0 Å². The summed E-state index contributed by atoms with van der Waals surface area (Å²) >= 11 is 0. The lowest BCUT2D eigenvalue weighted by Crippen LogP contribution is -1.99. The fourth-order valence-corrected chi connectivity index (χ4v) is 1.08. The van der Waals surface area contributed by atoms with Crippen LogP contribution in [0.15, 0.2) is 0 Å². The number of carbonyl (C=O) groups is 1. The number of rotatable bonds is 2. The maximum atomic E-state index is 10.4. The Labute approximate surface area is 61.6 Å². The van der Waals surface area contributed by atoms with E-state index in [1.807, 2.05) is 0 Å². The van der Waals surface area contributed by atoms with Gasteiger partial charge in [0.25, 0.3) is 0 Å². The van der Waals surface area contributed by atoms with Gasteiger partial charge in [-0.2, -0.15) is 5.21 Å². The van der Waals surface area contributed by atoms with Crippen molar-refractivity contribution in [2.24, 2.45) is 5.92 Å². The van der Waals surface area contributed by atoms with E-state index in [1.165, 1.54) is 0 Å². The standard InChI is InChI=1S/C5H6N4O2/c10-5(11)3-1-2(3)4-6-8-9-7-4/h2-3H,1H2,(H,10,11)(H,6,7,8,9). The van der Waals surface area contributed by atoms with Crippen LogP contribution in [0.3, 0.4) is 0 Å². The number of aromatic amines is 1. The third-order valence-electron chi connectivity index (χ3n) is 1.80. The van der Waals surface area contributed by atoms with Gasteiger partial charge in [0.1, 0.15) is 0 Å². The molecular formula is C5H6N4O2. The molecule has 1 aromatic heterocycles. The average Bonchev–Trinajstić information content (AvgIpc) is 2.60. The van der Waals surface area contributed by atoms with Crippen LogP contribution in [0.25, 0.3) is 0 Å². The molecule has 2 N–H and O–H groups in total. The number of carboxylic acids is 1. The minimum atomic E-state index is -0.778. The maximum absolute atomic E-state index is 10.4. The van der Waals surface area contributed by atoms with E-state index in [1.54, 1.807) is 0 Å². The van der Waals surface area contributed by atoms with Crippen molar-refractivity contribution in [3.8, 4) is 0 Å². The first-order valence-electron chi connectivity index (χ1n) is 3.25. The summed E-state index contributed by atoms with van der Waals surface area (Å²) < 4.78 is 0. The molecule has 2 unspecified atom stereocenters. The molecular weight excluding hydrogens is 148 g/mol. The Kier molecular flexibility index (Phi) is 1.14. The van der Waals surface area contributed by atoms with Gasteiger partial charge >= 0.3 is 5.97 Å². The SMILES string of the molecule is O=C(O)C1CC1c1nn[nH]n1. The molecule has 2 rings (SSSR count). The smallest absolute Gasteiger partial charge is 0.307 e. The molecule has 1 aliphatic carbocycles. The first-order chi connectivity index (χ1) is 5.29. The Morgan fingerprint density at radius 1 is 1.73 bits per heavy atom. The summed E-state index contributed by atoms with van der Waals surface area (Å²) in [5.74, 6) is -0.587. The maximum Gasteiger partial charge on any atom is 0.307 e. The van der Waals surface area contributed by atoms with Gasteiger partial charge in [-0.15, -0.1) is 10.2 Å². The second kappa shape index (κ2) is 2.01. The Hall–Kier alpha value is -1.46.